The second kappa shape index (κ2) is 8.05. The van der Waals surface area contributed by atoms with Crippen LogP contribution in [-0.4, -0.2) is 56.0 Å². The van der Waals surface area contributed by atoms with Gasteiger partial charge >= 0.3 is 5.97 Å². The van der Waals surface area contributed by atoms with Crippen LogP contribution in [0.25, 0.3) is 11.2 Å². The summed E-state index contributed by atoms with van der Waals surface area (Å²) in [6.45, 7) is -0.128. The number of aliphatic hydroxyl groups excluding tert-OH is 1. The summed E-state index contributed by atoms with van der Waals surface area (Å²) in [5.74, 6) is -1.06. The van der Waals surface area contributed by atoms with Crippen LogP contribution in [0.5, 0.6) is 0 Å². The minimum Gasteiger partial charge on any atom is -0.462 e. The molecule has 0 aromatic carbocycles. The molecule has 0 amide bonds. The first kappa shape index (κ1) is 16.0. The van der Waals surface area contributed by atoms with Crippen LogP contribution in [0, 0.1) is 5.92 Å². The molecule has 0 aliphatic carbocycles. The summed E-state index contributed by atoms with van der Waals surface area (Å²) in [6, 6.07) is -0.849. The van der Waals surface area contributed by atoms with Crippen molar-refractivity contribution in [3.05, 3.63) is 16.7 Å². The van der Waals surface area contributed by atoms with E-state index in [4.69, 9.17) is 23.7 Å². The van der Waals surface area contributed by atoms with Crippen molar-refractivity contribution in [2.24, 2.45) is 11.7 Å². The van der Waals surface area contributed by atoms with Crippen molar-refractivity contribution in [1.29, 1.82) is 0 Å². The Morgan fingerprint density at radius 2 is 2.28 bits per heavy atom. The van der Waals surface area contributed by atoms with E-state index in [1.54, 1.807) is 13.8 Å². The molecule has 0 bridgehead atoms. The molecule has 2 aromatic rings. The predicted octanol–water partition coefficient (Wildman–Crippen LogP) is -1.44. The molecule has 0 aliphatic rings. The molecule has 0 radical (unpaired) electrons. The number of nitrogens with two attached hydrogens (primary N) is 2. The van der Waals surface area contributed by atoms with Crippen LogP contribution < -0.4 is 17.0 Å². The number of esters is 1. The van der Waals surface area contributed by atoms with Gasteiger partial charge in [0.2, 0.25) is 5.95 Å². The first-order chi connectivity index (χ1) is 12.6. The van der Waals surface area contributed by atoms with Gasteiger partial charge in [-0.15, -0.1) is 0 Å². The number of imidazole rings is 1. The number of ether oxygens (including phenoxy) is 2. The molecular formula is C14H22N6O5. The minimum atomic E-state index is -2.57. The molecule has 2 heterocycles. The second-order valence-electron chi connectivity index (χ2n) is 5.65. The monoisotopic (exact) mass is 356 g/mol. The molecule has 11 heteroatoms. The van der Waals surface area contributed by atoms with Gasteiger partial charge in [-0.25, -0.2) is 4.98 Å². The number of fused-ring (bicyclic) bond motifs is 1. The Hall–Kier alpha value is -2.50. The van der Waals surface area contributed by atoms with Crippen LogP contribution in [0.15, 0.2) is 11.1 Å². The van der Waals surface area contributed by atoms with Crippen molar-refractivity contribution in [2.75, 3.05) is 18.9 Å². The largest absolute Gasteiger partial charge is 0.462 e. The highest BCUT2D eigenvalue weighted by molar-refractivity contribution is 5.75. The molecule has 25 heavy (non-hydrogen) atoms. The van der Waals surface area contributed by atoms with E-state index in [2.05, 4.69) is 15.0 Å². The standard InChI is InChI=1S/C14H22N6O5/c1-7(2)9(15)13(23)24-4-8(3-21)25-6-20-5-17-10-11(20)18-14(16)19-12(10)22/h5,7-9,21H,3-4,6,15H2,1-2H3,(H3,16,18,19,22)/t8?,9-/m0/s1/i6D2. The third kappa shape index (κ3) is 4.53. The van der Waals surface area contributed by atoms with Gasteiger partial charge in [-0.2, -0.15) is 4.98 Å². The Bertz CT molecular complexity index is 867. The van der Waals surface area contributed by atoms with Crippen LogP contribution in [0.3, 0.4) is 0 Å². The quantitative estimate of drug-likeness (QED) is 0.413. The van der Waals surface area contributed by atoms with Crippen molar-refractivity contribution in [3.63, 3.8) is 0 Å². The van der Waals surface area contributed by atoms with E-state index < -0.39 is 43.6 Å². The van der Waals surface area contributed by atoms with E-state index in [-0.39, 0.29) is 23.0 Å². The lowest BCUT2D eigenvalue weighted by molar-refractivity contribution is -0.153. The first-order valence-electron chi connectivity index (χ1n) is 8.51. The summed E-state index contributed by atoms with van der Waals surface area (Å²) in [5.41, 5.74) is 10.2. The van der Waals surface area contributed by atoms with Crippen LogP contribution in [0.4, 0.5) is 5.95 Å². The number of hydrogen-bond acceptors (Lipinski definition) is 9. The zero-order valence-electron chi connectivity index (χ0n) is 15.8. The van der Waals surface area contributed by atoms with Crippen molar-refractivity contribution in [1.82, 2.24) is 19.5 Å². The van der Waals surface area contributed by atoms with E-state index in [1.165, 1.54) is 0 Å². The Morgan fingerprint density at radius 3 is 2.92 bits per heavy atom. The summed E-state index contributed by atoms with van der Waals surface area (Å²) in [6.07, 6.45) is -0.179. The van der Waals surface area contributed by atoms with Gasteiger partial charge in [0.15, 0.2) is 11.2 Å². The van der Waals surface area contributed by atoms with Gasteiger partial charge in [0.05, 0.1) is 15.7 Å². The molecule has 11 nitrogen and oxygen atoms in total. The fraction of sp³-hybridized carbons (Fsp3) is 0.571. The van der Waals surface area contributed by atoms with Crippen LogP contribution in [0.2, 0.25) is 0 Å². The van der Waals surface area contributed by atoms with E-state index in [0.29, 0.717) is 0 Å². The highest BCUT2D eigenvalue weighted by Gasteiger charge is 2.21. The van der Waals surface area contributed by atoms with Crippen LogP contribution in [-0.2, 0) is 21.0 Å². The molecule has 0 saturated carbocycles. The molecule has 0 fully saturated rings. The maximum absolute atomic E-state index is 11.8. The Kier molecular flexibility index (Phi) is 5.15. The summed E-state index contributed by atoms with van der Waals surface area (Å²) >= 11 is 0. The van der Waals surface area contributed by atoms with Crippen LogP contribution in [0.1, 0.15) is 16.6 Å². The third-order valence-electron chi connectivity index (χ3n) is 3.35. The van der Waals surface area contributed by atoms with E-state index >= 15 is 0 Å². The van der Waals surface area contributed by atoms with Crippen LogP contribution >= 0.6 is 0 Å². The first-order valence-corrected chi connectivity index (χ1v) is 7.51. The van der Waals surface area contributed by atoms with Gasteiger partial charge in [-0.1, -0.05) is 13.8 Å². The summed E-state index contributed by atoms with van der Waals surface area (Å²) in [5, 5.41) is 9.42. The van der Waals surface area contributed by atoms with Crippen molar-refractivity contribution >= 4 is 23.1 Å². The summed E-state index contributed by atoms with van der Waals surface area (Å²) in [7, 11) is 0. The molecule has 6 N–H and O–H groups in total. The molecule has 0 saturated heterocycles. The zero-order chi connectivity index (χ0) is 20.4. The molecular weight excluding hydrogens is 332 g/mol. The summed E-state index contributed by atoms with van der Waals surface area (Å²) < 4.78 is 27.2. The number of hydrogen-bond donors (Lipinski definition) is 4. The lowest BCUT2D eigenvalue weighted by atomic mass is 10.1. The van der Waals surface area contributed by atoms with Crippen molar-refractivity contribution in [3.8, 4) is 0 Å². The fourth-order valence-corrected chi connectivity index (χ4v) is 1.79. The zero-order valence-corrected chi connectivity index (χ0v) is 13.8. The number of nitrogens with zero attached hydrogens (tertiary/aromatic N) is 3. The van der Waals surface area contributed by atoms with Gasteiger partial charge in [0, 0.05) is 0 Å². The number of rotatable bonds is 8. The Labute approximate surface area is 145 Å². The SMILES string of the molecule is [2H]C([2H])(OC(CO)COC(=O)[C@@H](N)C(C)C)n1cnc2c(=O)[nH]c(N)nc21. The fourth-order valence-electron chi connectivity index (χ4n) is 1.79. The lowest BCUT2D eigenvalue weighted by Crippen LogP contribution is -2.39. The van der Waals surface area contributed by atoms with Gasteiger partial charge in [-0.05, 0) is 5.92 Å². The molecule has 0 spiro atoms. The maximum Gasteiger partial charge on any atom is 0.323 e. The number of anilines is 1. The number of carbonyl (C=O) groups excluding carboxylic acids is 1. The number of aromatic nitrogens is 4. The van der Waals surface area contributed by atoms with Gasteiger partial charge in [0.1, 0.15) is 25.4 Å². The smallest absolute Gasteiger partial charge is 0.323 e. The second-order valence-corrected chi connectivity index (χ2v) is 5.65. The highest BCUT2D eigenvalue weighted by atomic mass is 16.6. The Morgan fingerprint density at radius 1 is 1.56 bits per heavy atom. The van der Waals surface area contributed by atoms with E-state index in [0.717, 1.165) is 10.9 Å². The Balaban J connectivity index is 2.16. The number of nitrogen functional groups attached to an aromatic ring is 1. The third-order valence-corrected chi connectivity index (χ3v) is 3.35. The molecule has 138 valence electrons. The van der Waals surface area contributed by atoms with Gasteiger partial charge in [0.25, 0.3) is 5.56 Å². The highest BCUT2D eigenvalue weighted by Crippen LogP contribution is 2.08. The molecule has 1 unspecified atom stereocenters. The number of aliphatic hydroxyl groups is 1. The number of nitrogens with one attached hydrogen (secondary N) is 1. The topological polar surface area (TPSA) is 171 Å². The van der Waals surface area contributed by atoms with Gasteiger partial charge in [-0.3, -0.25) is 19.1 Å². The van der Waals surface area contributed by atoms with E-state index in [9.17, 15) is 14.7 Å². The molecule has 2 aromatic heterocycles. The predicted molar refractivity (Wildman–Crippen MR) is 88.3 cm³/mol. The van der Waals surface area contributed by atoms with Crippen molar-refractivity contribution < 1.29 is 22.1 Å². The lowest BCUT2D eigenvalue weighted by Gasteiger charge is -2.19. The number of carbonyl (C=O) groups is 1. The van der Waals surface area contributed by atoms with Gasteiger partial charge < -0.3 is 26.0 Å². The average molecular weight is 356 g/mol. The maximum atomic E-state index is 11.8. The normalized spacial score (nSPS) is 15.7. The number of H-pyrrole nitrogens is 1. The molecule has 2 rings (SSSR count). The minimum absolute atomic E-state index is 0.133. The number of aromatic amines is 1. The molecule has 2 atom stereocenters. The molecule has 0 aliphatic heterocycles. The summed E-state index contributed by atoms with van der Waals surface area (Å²) in [4.78, 5) is 33.5. The van der Waals surface area contributed by atoms with Crippen molar-refractivity contribution in [2.45, 2.75) is 32.7 Å². The van der Waals surface area contributed by atoms with E-state index in [1.807, 2.05) is 0 Å². The average Bonchev–Trinajstić information content (AvgIpc) is 3.02.